The second kappa shape index (κ2) is 8.58. The molecule has 7 nitrogen and oxygen atoms in total. The molecular weight excluding hydrogens is 384 g/mol. The van der Waals surface area contributed by atoms with E-state index in [1.165, 1.54) is 7.11 Å². The van der Waals surface area contributed by atoms with Crippen LogP contribution in [0.5, 0.6) is 11.5 Å². The van der Waals surface area contributed by atoms with E-state index in [0.717, 1.165) is 11.1 Å². The highest BCUT2D eigenvalue weighted by atomic mass is 35.5. The number of aliphatic carboxylic acids is 1. The van der Waals surface area contributed by atoms with E-state index in [4.69, 9.17) is 25.5 Å². The van der Waals surface area contributed by atoms with Crippen LogP contribution in [-0.2, 0) is 4.79 Å². The molecule has 144 valence electrons. The van der Waals surface area contributed by atoms with Crippen LogP contribution in [0.3, 0.4) is 0 Å². The molecular formula is C20H16ClN2O5-. The van der Waals surface area contributed by atoms with Crippen molar-refractivity contribution in [2.45, 2.75) is 6.92 Å². The van der Waals surface area contributed by atoms with Gasteiger partial charge in [0.05, 0.1) is 13.1 Å². The standard InChI is InChI=1S/C20H17ClN2O5/c1-12-4-3-5-14(8-12)19-22-23-20(28-19)15(21)9-13-6-7-16(17(10-13)26-2)27-11-18(24)25/h3-10H,11H2,1-2H3,(H,24,25)/p-1/b15-9-. The Hall–Kier alpha value is -3.32. The summed E-state index contributed by atoms with van der Waals surface area (Å²) in [6, 6.07) is 12.6. The van der Waals surface area contributed by atoms with Crippen LogP contribution < -0.4 is 14.6 Å². The lowest BCUT2D eigenvalue weighted by atomic mass is 10.1. The van der Waals surface area contributed by atoms with Gasteiger partial charge in [-0.05, 0) is 42.8 Å². The number of benzene rings is 2. The topological polar surface area (TPSA) is 97.5 Å². The third-order valence-electron chi connectivity index (χ3n) is 3.72. The van der Waals surface area contributed by atoms with Crippen LogP contribution in [0.25, 0.3) is 22.6 Å². The predicted octanol–water partition coefficient (Wildman–Crippen LogP) is 2.92. The Kier molecular flexibility index (Phi) is 5.96. The number of aromatic nitrogens is 2. The third-order valence-corrected chi connectivity index (χ3v) is 3.99. The SMILES string of the molecule is COc1cc(/C=C(\Cl)c2nnc(-c3cccc(C)c3)o2)ccc1OCC(=O)[O-]. The lowest BCUT2D eigenvalue weighted by Gasteiger charge is -2.11. The smallest absolute Gasteiger partial charge is 0.259 e. The lowest BCUT2D eigenvalue weighted by Crippen LogP contribution is -2.29. The van der Waals surface area contributed by atoms with Gasteiger partial charge in [-0.2, -0.15) is 0 Å². The van der Waals surface area contributed by atoms with Crippen molar-refractivity contribution in [2.24, 2.45) is 0 Å². The largest absolute Gasteiger partial charge is 0.546 e. The number of hydrogen-bond acceptors (Lipinski definition) is 7. The minimum Gasteiger partial charge on any atom is -0.546 e. The number of nitrogens with zero attached hydrogens (tertiary/aromatic N) is 2. The number of aryl methyl sites for hydroxylation is 1. The molecule has 0 bridgehead atoms. The first kappa shape index (κ1) is 19.4. The second-order valence-corrected chi connectivity index (χ2v) is 6.25. The molecule has 0 spiro atoms. The summed E-state index contributed by atoms with van der Waals surface area (Å²) in [6.45, 7) is 1.40. The zero-order valence-corrected chi connectivity index (χ0v) is 15.9. The maximum absolute atomic E-state index is 10.5. The van der Waals surface area contributed by atoms with Gasteiger partial charge in [0.25, 0.3) is 5.89 Å². The number of carboxylic acids is 1. The Balaban J connectivity index is 1.82. The van der Waals surface area contributed by atoms with E-state index in [1.807, 2.05) is 31.2 Å². The Morgan fingerprint density at radius 2 is 2.04 bits per heavy atom. The number of carbonyl (C=O) groups excluding carboxylic acids is 1. The van der Waals surface area contributed by atoms with Crippen LogP contribution in [0.4, 0.5) is 0 Å². The van der Waals surface area contributed by atoms with Crippen LogP contribution in [0.1, 0.15) is 17.0 Å². The van der Waals surface area contributed by atoms with Gasteiger partial charge in [0, 0.05) is 5.56 Å². The summed E-state index contributed by atoms with van der Waals surface area (Å²) in [5.41, 5.74) is 2.56. The first-order valence-electron chi connectivity index (χ1n) is 8.25. The van der Waals surface area contributed by atoms with Crippen LogP contribution in [0, 0.1) is 6.92 Å². The van der Waals surface area contributed by atoms with E-state index < -0.39 is 12.6 Å². The van der Waals surface area contributed by atoms with Crippen molar-refractivity contribution < 1.29 is 23.8 Å². The van der Waals surface area contributed by atoms with Gasteiger partial charge < -0.3 is 23.8 Å². The Bertz CT molecular complexity index is 1030. The molecule has 0 atom stereocenters. The van der Waals surface area contributed by atoms with Crippen LogP contribution in [0.15, 0.2) is 46.9 Å². The number of carboxylic acid groups (broad SMARTS) is 1. The minimum atomic E-state index is -1.32. The van der Waals surface area contributed by atoms with E-state index in [2.05, 4.69) is 10.2 Å². The highest BCUT2D eigenvalue weighted by Gasteiger charge is 2.12. The molecule has 0 fully saturated rings. The highest BCUT2D eigenvalue weighted by molar-refractivity contribution is 6.50. The monoisotopic (exact) mass is 399 g/mol. The summed E-state index contributed by atoms with van der Waals surface area (Å²) < 4.78 is 16.0. The normalized spacial score (nSPS) is 11.3. The molecule has 0 saturated carbocycles. The molecule has 1 aromatic heterocycles. The minimum absolute atomic E-state index is 0.175. The van der Waals surface area contributed by atoms with Crippen molar-refractivity contribution in [2.75, 3.05) is 13.7 Å². The molecule has 8 heteroatoms. The number of hydrogen-bond donors (Lipinski definition) is 0. The fraction of sp³-hybridized carbons (Fsp3) is 0.150. The van der Waals surface area contributed by atoms with Crippen molar-refractivity contribution in [3.05, 3.63) is 59.5 Å². The molecule has 0 amide bonds. The first-order chi connectivity index (χ1) is 13.5. The number of rotatable bonds is 7. The zero-order valence-electron chi connectivity index (χ0n) is 15.1. The fourth-order valence-corrected chi connectivity index (χ4v) is 2.65. The van der Waals surface area contributed by atoms with Crippen molar-refractivity contribution in [3.63, 3.8) is 0 Å². The van der Waals surface area contributed by atoms with Gasteiger partial charge in [-0.1, -0.05) is 35.4 Å². The van der Waals surface area contributed by atoms with Gasteiger partial charge in [-0.15, -0.1) is 10.2 Å². The Morgan fingerprint density at radius 3 is 2.75 bits per heavy atom. The van der Waals surface area contributed by atoms with Crippen molar-refractivity contribution in [1.82, 2.24) is 10.2 Å². The van der Waals surface area contributed by atoms with Gasteiger partial charge in [0.1, 0.15) is 11.6 Å². The van der Waals surface area contributed by atoms with E-state index in [1.54, 1.807) is 24.3 Å². The van der Waals surface area contributed by atoms with Gasteiger partial charge in [-0.25, -0.2) is 0 Å². The molecule has 28 heavy (non-hydrogen) atoms. The molecule has 1 heterocycles. The van der Waals surface area contributed by atoms with Crippen LogP contribution >= 0.6 is 11.6 Å². The summed E-state index contributed by atoms with van der Waals surface area (Å²) in [6.07, 6.45) is 1.63. The van der Waals surface area contributed by atoms with Crippen molar-refractivity contribution in [3.8, 4) is 23.0 Å². The van der Waals surface area contributed by atoms with Crippen molar-refractivity contribution >= 4 is 28.7 Å². The first-order valence-corrected chi connectivity index (χ1v) is 8.63. The Morgan fingerprint density at radius 1 is 1.21 bits per heavy atom. The van der Waals surface area contributed by atoms with E-state index in [0.29, 0.717) is 17.2 Å². The molecule has 0 unspecified atom stereocenters. The lowest BCUT2D eigenvalue weighted by molar-refractivity contribution is -0.307. The van der Waals surface area contributed by atoms with Crippen LogP contribution in [-0.4, -0.2) is 29.9 Å². The summed E-state index contributed by atoms with van der Waals surface area (Å²) in [7, 11) is 1.45. The Labute approximate surface area is 166 Å². The summed E-state index contributed by atoms with van der Waals surface area (Å²) in [5, 5.41) is 18.8. The number of ether oxygens (including phenoxy) is 2. The number of carbonyl (C=O) groups is 1. The van der Waals surface area contributed by atoms with Gasteiger partial charge in [0.15, 0.2) is 11.5 Å². The number of methoxy groups -OCH3 is 1. The molecule has 0 radical (unpaired) electrons. The maximum atomic E-state index is 10.5. The van der Waals surface area contributed by atoms with Crippen LogP contribution in [0.2, 0.25) is 0 Å². The highest BCUT2D eigenvalue weighted by Crippen LogP contribution is 2.31. The summed E-state index contributed by atoms with van der Waals surface area (Å²) >= 11 is 6.32. The van der Waals surface area contributed by atoms with Crippen molar-refractivity contribution in [1.29, 1.82) is 0 Å². The summed E-state index contributed by atoms with van der Waals surface area (Å²) in [5.74, 6) is -0.150. The van der Waals surface area contributed by atoms with Gasteiger partial charge in [-0.3, -0.25) is 0 Å². The second-order valence-electron chi connectivity index (χ2n) is 5.85. The van der Waals surface area contributed by atoms with E-state index in [-0.39, 0.29) is 16.7 Å². The molecule has 3 rings (SSSR count). The van der Waals surface area contributed by atoms with Gasteiger partial charge >= 0.3 is 0 Å². The molecule has 0 saturated heterocycles. The number of halogens is 1. The zero-order chi connectivity index (χ0) is 20.1. The van der Waals surface area contributed by atoms with E-state index >= 15 is 0 Å². The predicted molar refractivity (Wildman–Crippen MR) is 102 cm³/mol. The molecule has 0 aliphatic heterocycles. The average molecular weight is 400 g/mol. The third kappa shape index (κ3) is 4.69. The average Bonchev–Trinajstić information content (AvgIpc) is 3.17. The van der Waals surface area contributed by atoms with E-state index in [9.17, 15) is 9.90 Å². The van der Waals surface area contributed by atoms with Gasteiger partial charge in [0.2, 0.25) is 5.89 Å². The molecule has 3 aromatic rings. The molecule has 2 aromatic carbocycles. The molecule has 0 aliphatic carbocycles. The fourth-order valence-electron chi connectivity index (χ4n) is 2.45. The molecule has 0 N–H and O–H groups in total. The molecule has 0 aliphatic rings. The quantitative estimate of drug-likeness (QED) is 0.602. The maximum Gasteiger partial charge on any atom is 0.259 e. The summed E-state index contributed by atoms with van der Waals surface area (Å²) in [4.78, 5) is 10.5.